The van der Waals surface area contributed by atoms with E-state index in [2.05, 4.69) is 37.1 Å². The summed E-state index contributed by atoms with van der Waals surface area (Å²) in [6, 6.07) is 7.40. The summed E-state index contributed by atoms with van der Waals surface area (Å²) in [7, 11) is 2.16. The number of nitrogens with one attached hydrogen (secondary N) is 1. The second-order valence-corrected chi connectivity index (χ2v) is 6.07. The molecular weight excluding hydrogens is 312 g/mol. The molecule has 1 aliphatic rings. The molecule has 0 bridgehead atoms. The lowest BCUT2D eigenvalue weighted by molar-refractivity contribution is 0.158. The Morgan fingerprint density at radius 1 is 1.17 bits per heavy atom. The molecule has 0 atom stereocenters. The highest BCUT2D eigenvalue weighted by Crippen LogP contribution is 2.18. The summed E-state index contributed by atoms with van der Waals surface area (Å²) in [5.41, 5.74) is 0.720. The number of pyridine rings is 1. The number of anilines is 1. The van der Waals surface area contributed by atoms with Crippen LogP contribution in [0.2, 0.25) is 5.15 Å². The van der Waals surface area contributed by atoms with Crippen LogP contribution < -0.4 is 5.32 Å². The van der Waals surface area contributed by atoms with Gasteiger partial charge in [0.2, 0.25) is 0 Å². The van der Waals surface area contributed by atoms with Gasteiger partial charge in [0.1, 0.15) is 16.7 Å². The first-order valence-electron chi connectivity index (χ1n) is 7.81. The largest absolute Gasteiger partial charge is 0.369 e. The van der Waals surface area contributed by atoms with Crippen molar-refractivity contribution in [3.63, 3.8) is 0 Å². The molecule has 7 heteroatoms. The maximum Gasteiger partial charge on any atom is 0.181 e. The molecule has 3 rings (SSSR count). The van der Waals surface area contributed by atoms with E-state index in [0.717, 1.165) is 50.8 Å². The van der Waals surface area contributed by atoms with Crippen LogP contribution >= 0.6 is 11.6 Å². The average Bonchev–Trinajstić information content (AvgIpc) is 2.57. The van der Waals surface area contributed by atoms with Crippen LogP contribution in [0.3, 0.4) is 0 Å². The Balaban J connectivity index is 1.59. The SMILES string of the molecule is CN1CCN(CCNc2cc(Cl)nc(-c3ccccn3)n2)CC1. The fourth-order valence-electron chi connectivity index (χ4n) is 2.53. The van der Waals surface area contributed by atoms with Gasteiger partial charge in [-0.05, 0) is 19.2 Å². The van der Waals surface area contributed by atoms with E-state index in [1.807, 2.05) is 18.2 Å². The third-order valence-corrected chi connectivity index (χ3v) is 4.11. The topological polar surface area (TPSA) is 57.2 Å². The Morgan fingerprint density at radius 3 is 2.74 bits per heavy atom. The molecule has 0 amide bonds. The lowest BCUT2D eigenvalue weighted by Crippen LogP contribution is -2.45. The summed E-state index contributed by atoms with van der Waals surface area (Å²) >= 11 is 6.11. The molecule has 6 nitrogen and oxygen atoms in total. The van der Waals surface area contributed by atoms with Crippen molar-refractivity contribution in [1.82, 2.24) is 24.8 Å². The minimum atomic E-state index is 0.419. The number of rotatable bonds is 5. The molecule has 2 aromatic heterocycles. The summed E-state index contributed by atoms with van der Waals surface area (Å²) in [5.74, 6) is 1.28. The summed E-state index contributed by atoms with van der Waals surface area (Å²) in [6.45, 7) is 6.31. The van der Waals surface area contributed by atoms with Crippen molar-refractivity contribution >= 4 is 17.4 Å². The van der Waals surface area contributed by atoms with Crippen molar-refractivity contribution in [2.45, 2.75) is 0 Å². The number of hydrogen-bond donors (Lipinski definition) is 1. The highest BCUT2D eigenvalue weighted by molar-refractivity contribution is 6.29. The zero-order valence-corrected chi connectivity index (χ0v) is 14.0. The van der Waals surface area contributed by atoms with Crippen molar-refractivity contribution in [1.29, 1.82) is 0 Å². The Morgan fingerprint density at radius 2 is 2.00 bits per heavy atom. The van der Waals surface area contributed by atoms with Crippen LogP contribution in [-0.2, 0) is 0 Å². The highest BCUT2D eigenvalue weighted by Gasteiger charge is 2.13. The zero-order chi connectivity index (χ0) is 16.1. The summed E-state index contributed by atoms with van der Waals surface area (Å²) < 4.78 is 0. The summed E-state index contributed by atoms with van der Waals surface area (Å²) in [5, 5.41) is 3.75. The number of hydrogen-bond acceptors (Lipinski definition) is 6. The smallest absolute Gasteiger partial charge is 0.181 e. The minimum absolute atomic E-state index is 0.419. The first-order chi connectivity index (χ1) is 11.2. The maximum atomic E-state index is 6.11. The van der Waals surface area contributed by atoms with E-state index in [-0.39, 0.29) is 0 Å². The molecule has 1 aliphatic heterocycles. The van der Waals surface area contributed by atoms with Crippen LogP contribution in [0.4, 0.5) is 5.82 Å². The minimum Gasteiger partial charge on any atom is -0.369 e. The normalized spacial score (nSPS) is 16.4. The van der Waals surface area contributed by atoms with Gasteiger partial charge in [-0.15, -0.1) is 0 Å². The Hall–Kier alpha value is -1.76. The molecule has 0 spiro atoms. The van der Waals surface area contributed by atoms with Gasteiger partial charge < -0.3 is 10.2 Å². The van der Waals surface area contributed by atoms with Gasteiger partial charge in [-0.3, -0.25) is 9.88 Å². The van der Waals surface area contributed by atoms with E-state index < -0.39 is 0 Å². The maximum absolute atomic E-state index is 6.11. The van der Waals surface area contributed by atoms with Crippen LogP contribution in [0.15, 0.2) is 30.5 Å². The van der Waals surface area contributed by atoms with Gasteiger partial charge >= 0.3 is 0 Å². The van der Waals surface area contributed by atoms with Crippen molar-refractivity contribution < 1.29 is 0 Å². The number of piperazine rings is 1. The molecule has 2 aromatic rings. The number of nitrogens with zero attached hydrogens (tertiary/aromatic N) is 5. The van der Waals surface area contributed by atoms with Crippen molar-refractivity contribution in [3.05, 3.63) is 35.6 Å². The van der Waals surface area contributed by atoms with Gasteiger partial charge in [-0.2, -0.15) is 0 Å². The molecular formula is C16H21ClN6. The monoisotopic (exact) mass is 332 g/mol. The van der Waals surface area contributed by atoms with E-state index in [9.17, 15) is 0 Å². The van der Waals surface area contributed by atoms with E-state index in [1.54, 1.807) is 12.3 Å². The van der Waals surface area contributed by atoms with Gasteiger partial charge in [-0.1, -0.05) is 17.7 Å². The van der Waals surface area contributed by atoms with Crippen LogP contribution in [0.1, 0.15) is 0 Å². The second-order valence-electron chi connectivity index (χ2n) is 5.69. The number of halogens is 1. The molecule has 0 radical (unpaired) electrons. The van der Waals surface area contributed by atoms with E-state index in [4.69, 9.17) is 11.6 Å². The zero-order valence-electron chi connectivity index (χ0n) is 13.2. The van der Waals surface area contributed by atoms with Crippen molar-refractivity contribution in [2.75, 3.05) is 51.6 Å². The van der Waals surface area contributed by atoms with Crippen LogP contribution in [0.25, 0.3) is 11.5 Å². The van der Waals surface area contributed by atoms with Gasteiger partial charge in [0, 0.05) is 51.5 Å². The third-order valence-electron chi connectivity index (χ3n) is 3.92. The van der Waals surface area contributed by atoms with Gasteiger partial charge in [0.15, 0.2) is 5.82 Å². The lowest BCUT2D eigenvalue weighted by atomic mass is 10.3. The van der Waals surface area contributed by atoms with E-state index >= 15 is 0 Å². The summed E-state index contributed by atoms with van der Waals surface area (Å²) in [4.78, 5) is 17.8. The molecule has 1 saturated heterocycles. The Bertz CT molecular complexity index is 628. The van der Waals surface area contributed by atoms with Crippen molar-refractivity contribution in [3.8, 4) is 11.5 Å². The van der Waals surface area contributed by atoms with Gasteiger partial charge in [-0.25, -0.2) is 9.97 Å². The molecule has 0 unspecified atom stereocenters. The van der Waals surface area contributed by atoms with E-state index in [0.29, 0.717) is 11.0 Å². The Labute approximate surface area is 141 Å². The average molecular weight is 333 g/mol. The first kappa shape index (κ1) is 16.1. The lowest BCUT2D eigenvalue weighted by Gasteiger charge is -2.32. The number of likely N-dealkylation sites (N-methyl/N-ethyl adjacent to an activating group) is 1. The predicted octanol–water partition coefficient (Wildman–Crippen LogP) is 1.85. The molecule has 1 fully saturated rings. The van der Waals surface area contributed by atoms with Gasteiger partial charge in [0.05, 0.1) is 0 Å². The van der Waals surface area contributed by atoms with E-state index in [1.165, 1.54) is 0 Å². The molecule has 0 aromatic carbocycles. The molecule has 122 valence electrons. The second kappa shape index (κ2) is 7.68. The molecule has 0 aliphatic carbocycles. The summed E-state index contributed by atoms with van der Waals surface area (Å²) in [6.07, 6.45) is 1.72. The first-order valence-corrected chi connectivity index (χ1v) is 8.19. The number of aromatic nitrogens is 3. The van der Waals surface area contributed by atoms with Gasteiger partial charge in [0.25, 0.3) is 0 Å². The van der Waals surface area contributed by atoms with Crippen LogP contribution in [0.5, 0.6) is 0 Å². The van der Waals surface area contributed by atoms with Crippen LogP contribution in [0, 0.1) is 0 Å². The molecule has 0 saturated carbocycles. The predicted molar refractivity (Wildman–Crippen MR) is 92.7 cm³/mol. The molecule has 23 heavy (non-hydrogen) atoms. The van der Waals surface area contributed by atoms with Crippen LogP contribution in [-0.4, -0.2) is 71.1 Å². The molecule has 1 N–H and O–H groups in total. The highest BCUT2D eigenvalue weighted by atomic mass is 35.5. The standard InChI is InChI=1S/C16H21ClN6/c1-22-8-10-23(11-9-22)7-6-19-15-12-14(17)20-16(21-15)13-4-2-3-5-18-13/h2-5,12H,6-11H2,1H3,(H,19,20,21). The molecule has 3 heterocycles. The fourth-order valence-corrected chi connectivity index (χ4v) is 2.71. The van der Waals surface area contributed by atoms with Crippen molar-refractivity contribution in [2.24, 2.45) is 0 Å². The fraction of sp³-hybridized carbons (Fsp3) is 0.438. The Kier molecular flexibility index (Phi) is 5.38. The third kappa shape index (κ3) is 4.60. The quantitative estimate of drug-likeness (QED) is 0.843.